The fourth-order valence-electron chi connectivity index (χ4n) is 3.36. The van der Waals surface area contributed by atoms with E-state index in [0.29, 0.717) is 10.0 Å². The molecule has 0 atom stereocenters. The van der Waals surface area contributed by atoms with E-state index in [9.17, 15) is 0 Å². The highest BCUT2D eigenvalue weighted by molar-refractivity contribution is 6.35. The fraction of sp³-hybridized carbons (Fsp3) is 0.222. The molecular formula is C18H16Cl2N2. The number of aromatic nitrogens is 1. The molecule has 4 rings (SSSR count). The molecule has 3 aromatic rings. The third kappa shape index (κ3) is 2.41. The Bertz CT molecular complexity index is 831. The van der Waals surface area contributed by atoms with E-state index >= 15 is 0 Å². The summed E-state index contributed by atoms with van der Waals surface area (Å²) in [6.07, 6.45) is 2.08. The number of fused-ring (bicyclic) bond motifs is 3. The number of hydrogen-bond donors (Lipinski definition) is 2. The topological polar surface area (TPSA) is 27.8 Å². The first kappa shape index (κ1) is 14.1. The Kier molecular flexibility index (Phi) is 3.61. The number of nitrogens with one attached hydrogen (secondary N) is 2. The maximum Gasteiger partial charge on any atom is 0.0465 e. The van der Waals surface area contributed by atoms with Crippen molar-refractivity contribution in [2.45, 2.75) is 12.8 Å². The van der Waals surface area contributed by atoms with E-state index in [4.69, 9.17) is 23.2 Å². The Morgan fingerprint density at radius 2 is 1.68 bits per heavy atom. The lowest BCUT2D eigenvalue weighted by molar-refractivity contribution is 0.708. The number of rotatable bonds is 1. The van der Waals surface area contributed by atoms with Crippen LogP contribution < -0.4 is 5.32 Å². The standard InChI is InChI=1S/C18H16Cl2N2/c19-12-8-11(9-13(20)10-12)14-2-1-3-17-18(14)15-4-6-21-7-5-16(15)22-17/h1-3,8-10,21-22H,4-7H2. The number of H-pyrrole nitrogens is 1. The van der Waals surface area contributed by atoms with Gasteiger partial charge in [0.1, 0.15) is 0 Å². The van der Waals surface area contributed by atoms with Gasteiger partial charge < -0.3 is 10.3 Å². The molecule has 0 fully saturated rings. The second kappa shape index (κ2) is 5.62. The summed E-state index contributed by atoms with van der Waals surface area (Å²) in [5.74, 6) is 0. The van der Waals surface area contributed by atoms with Crippen LogP contribution in [-0.2, 0) is 12.8 Å². The number of benzene rings is 2. The highest BCUT2D eigenvalue weighted by Gasteiger charge is 2.17. The van der Waals surface area contributed by atoms with Crippen LogP contribution in [0.15, 0.2) is 36.4 Å². The van der Waals surface area contributed by atoms with Crippen molar-refractivity contribution in [3.05, 3.63) is 57.7 Å². The smallest absolute Gasteiger partial charge is 0.0465 e. The molecule has 0 amide bonds. The molecule has 112 valence electrons. The first-order chi connectivity index (χ1) is 10.7. The molecule has 0 spiro atoms. The van der Waals surface area contributed by atoms with Crippen molar-refractivity contribution >= 4 is 34.1 Å². The SMILES string of the molecule is Clc1cc(Cl)cc(-c2cccc3[nH]c4c(c23)CCNCC4)c1. The number of hydrogen-bond acceptors (Lipinski definition) is 1. The third-order valence-electron chi connectivity index (χ3n) is 4.29. The molecular weight excluding hydrogens is 315 g/mol. The zero-order chi connectivity index (χ0) is 15.1. The average molecular weight is 331 g/mol. The average Bonchev–Trinajstić information content (AvgIpc) is 2.68. The predicted molar refractivity (Wildman–Crippen MR) is 94.0 cm³/mol. The van der Waals surface area contributed by atoms with E-state index in [0.717, 1.165) is 31.5 Å². The van der Waals surface area contributed by atoms with Crippen molar-refractivity contribution in [3.8, 4) is 11.1 Å². The number of halogens is 2. The minimum absolute atomic E-state index is 0.669. The fourth-order valence-corrected chi connectivity index (χ4v) is 3.89. The molecule has 1 aromatic heterocycles. The van der Waals surface area contributed by atoms with Crippen molar-refractivity contribution in [1.29, 1.82) is 0 Å². The van der Waals surface area contributed by atoms with Crippen LogP contribution in [0.3, 0.4) is 0 Å². The molecule has 0 saturated carbocycles. The van der Waals surface area contributed by atoms with Gasteiger partial charge in [-0.15, -0.1) is 0 Å². The summed E-state index contributed by atoms with van der Waals surface area (Å²) in [5, 5.41) is 6.10. The highest BCUT2D eigenvalue weighted by Crippen LogP contribution is 2.36. The van der Waals surface area contributed by atoms with Gasteiger partial charge in [-0.2, -0.15) is 0 Å². The van der Waals surface area contributed by atoms with Gasteiger partial charge in [0, 0.05) is 39.6 Å². The van der Waals surface area contributed by atoms with Gasteiger partial charge in [0.2, 0.25) is 0 Å². The molecule has 4 heteroatoms. The molecule has 0 bridgehead atoms. The largest absolute Gasteiger partial charge is 0.358 e. The van der Waals surface area contributed by atoms with Gasteiger partial charge in [-0.05, 0) is 53.9 Å². The van der Waals surface area contributed by atoms with Crippen LogP contribution in [0.2, 0.25) is 10.0 Å². The molecule has 1 aliphatic rings. The first-order valence-electron chi connectivity index (χ1n) is 7.52. The molecule has 2 aromatic carbocycles. The Morgan fingerprint density at radius 3 is 2.50 bits per heavy atom. The Hall–Kier alpha value is -1.48. The van der Waals surface area contributed by atoms with Crippen molar-refractivity contribution < 1.29 is 0 Å². The van der Waals surface area contributed by atoms with Crippen molar-refractivity contribution in [3.63, 3.8) is 0 Å². The van der Waals surface area contributed by atoms with Gasteiger partial charge in [0.25, 0.3) is 0 Å². The van der Waals surface area contributed by atoms with Gasteiger partial charge in [0.05, 0.1) is 0 Å². The summed E-state index contributed by atoms with van der Waals surface area (Å²) in [5.41, 5.74) is 6.23. The van der Waals surface area contributed by atoms with Gasteiger partial charge in [-0.1, -0.05) is 35.3 Å². The van der Waals surface area contributed by atoms with Crippen LogP contribution in [0.25, 0.3) is 22.0 Å². The number of aromatic amines is 1. The zero-order valence-electron chi connectivity index (χ0n) is 12.0. The van der Waals surface area contributed by atoms with E-state index in [2.05, 4.69) is 28.5 Å². The lowest BCUT2D eigenvalue weighted by Gasteiger charge is -2.08. The second-order valence-electron chi connectivity index (χ2n) is 5.72. The van der Waals surface area contributed by atoms with Crippen LogP contribution in [0.1, 0.15) is 11.3 Å². The van der Waals surface area contributed by atoms with Crippen molar-refractivity contribution in [2.24, 2.45) is 0 Å². The highest BCUT2D eigenvalue weighted by atomic mass is 35.5. The molecule has 2 N–H and O–H groups in total. The Morgan fingerprint density at radius 1 is 0.909 bits per heavy atom. The third-order valence-corrected chi connectivity index (χ3v) is 4.73. The van der Waals surface area contributed by atoms with E-state index in [1.165, 1.54) is 27.7 Å². The van der Waals surface area contributed by atoms with Gasteiger partial charge in [-0.25, -0.2) is 0 Å². The lowest BCUT2D eigenvalue weighted by atomic mass is 9.97. The van der Waals surface area contributed by atoms with Crippen molar-refractivity contribution in [2.75, 3.05) is 13.1 Å². The summed E-state index contributed by atoms with van der Waals surface area (Å²) in [6.45, 7) is 2.04. The lowest BCUT2D eigenvalue weighted by Crippen LogP contribution is -2.16. The van der Waals surface area contributed by atoms with Crippen molar-refractivity contribution in [1.82, 2.24) is 10.3 Å². The normalized spacial score (nSPS) is 14.8. The predicted octanol–water partition coefficient (Wildman–Crippen LogP) is 4.83. The second-order valence-corrected chi connectivity index (χ2v) is 6.59. The molecule has 0 aliphatic carbocycles. The maximum atomic E-state index is 6.19. The monoisotopic (exact) mass is 330 g/mol. The minimum Gasteiger partial charge on any atom is -0.358 e. The quantitative estimate of drug-likeness (QED) is 0.657. The molecule has 0 unspecified atom stereocenters. The van der Waals surface area contributed by atoms with Crippen LogP contribution in [0.4, 0.5) is 0 Å². The Labute approximate surface area is 139 Å². The molecule has 0 saturated heterocycles. The van der Waals surface area contributed by atoms with Gasteiger partial charge >= 0.3 is 0 Å². The van der Waals surface area contributed by atoms with Crippen LogP contribution in [0, 0.1) is 0 Å². The first-order valence-corrected chi connectivity index (χ1v) is 8.27. The summed E-state index contributed by atoms with van der Waals surface area (Å²) in [6, 6.07) is 12.1. The van der Waals surface area contributed by atoms with Gasteiger partial charge in [-0.3, -0.25) is 0 Å². The molecule has 1 aliphatic heterocycles. The minimum atomic E-state index is 0.669. The van der Waals surface area contributed by atoms with E-state index in [1.807, 2.05) is 12.1 Å². The molecule has 2 nitrogen and oxygen atoms in total. The van der Waals surface area contributed by atoms with Crippen LogP contribution in [-0.4, -0.2) is 18.1 Å². The molecule has 22 heavy (non-hydrogen) atoms. The summed E-state index contributed by atoms with van der Waals surface area (Å²) >= 11 is 12.4. The van der Waals surface area contributed by atoms with E-state index in [-0.39, 0.29) is 0 Å². The van der Waals surface area contributed by atoms with Crippen LogP contribution >= 0.6 is 23.2 Å². The summed E-state index contributed by atoms with van der Waals surface area (Å²) in [7, 11) is 0. The summed E-state index contributed by atoms with van der Waals surface area (Å²) < 4.78 is 0. The zero-order valence-corrected chi connectivity index (χ0v) is 13.6. The maximum absolute atomic E-state index is 6.19. The van der Waals surface area contributed by atoms with E-state index < -0.39 is 0 Å². The summed E-state index contributed by atoms with van der Waals surface area (Å²) in [4.78, 5) is 3.59. The molecule has 2 heterocycles. The van der Waals surface area contributed by atoms with Gasteiger partial charge in [0.15, 0.2) is 0 Å². The molecule has 0 radical (unpaired) electrons. The van der Waals surface area contributed by atoms with E-state index in [1.54, 1.807) is 6.07 Å². The van der Waals surface area contributed by atoms with Crippen LogP contribution in [0.5, 0.6) is 0 Å². The Balaban J connectivity index is 1.99.